The number of nitrogens with one attached hydrogen (secondary N) is 1. The number of imidazole rings is 1. The van der Waals surface area contributed by atoms with Gasteiger partial charge in [0.25, 0.3) is 0 Å². The van der Waals surface area contributed by atoms with Crippen LogP contribution in [0, 0.1) is 0 Å². The molecule has 0 saturated carbocycles. The summed E-state index contributed by atoms with van der Waals surface area (Å²) in [4.78, 5) is 20.6. The first-order valence-corrected chi connectivity index (χ1v) is 8.05. The number of para-hydroxylation sites is 1. The molecule has 1 fully saturated rings. The predicted molar refractivity (Wildman–Crippen MR) is 90.8 cm³/mol. The SMILES string of the molecule is CC(CN)c1nc2ccccc2c2c1ncn2CC1CNC(=O)O1. The third-order valence-corrected chi connectivity index (χ3v) is 4.45. The van der Waals surface area contributed by atoms with Crippen LogP contribution in [-0.4, -0.2) is 39.8 Å². The molecule has 3 heterocycles. The van der Waals surface area contributed by atoms with Gasteiger partial charge >= 0.3 is 6.09 Å². The van der Waals surface area contributed by atoms with Crippen molar-refractivity contribution in [3.8, 4) is 0 Å². The Hall–Kier alpha value is -2.67. The molecule has 2 aromatic heterocycles. The van der Waals surface area contributed by atoms with Crippen LogP contribution in [0.3, 0.4) is 0 Å². The monoisotopic (exact) mass is 325 g/mol. The fourth-order valence-electron chi connectivity index (χ4n) is 3.15. The average molecular weight is 325 g/mol. The number of nitrogens with zero attached hydrogens (tertiary/aromatic N) is 3. The molecule has 1 amide bonds. The van der Waals surface area contributed by atoms with Gasteiger partial charge in [-0.05, 0) is 6.07 Å². The molecule has 3 N–H and O–H groups in total. The van der Waals surface area contributed by atoms with Crippen LogP contribution >= 0.6 is 0 Å². The van der Waals surface area contributed by atoms with E-state index in [2.05, 4.69) is 17.2 Å². The van der Waals surface area contributed by atoms with E-state index in [0.29, 0.717) is 19.6 Å². The zero-order valence-corrected chi connectivity index (χ0v) is 13.4. The Morgan fingerprint density at radius 1 is 1.46 bits per heavy atom. The van der Waals surface area contributed by atoms with Crippen molar-refractivity contribution >= 4 is 28.0 Å². The summed E-state index contributed by atoms with van der Waals surface area (Å²) in [5.41, 5.74) is 9.56. The van der Waals surface area contributed by atoms with Gasteiger partial charge in [0.2, 0.25) is 0 Å². The van der Waals surface area contributed by atoms with Gasteiger partial charge in [-0.3, -0.25) is 4.98 Å². The molecule has 1 aliphatic rings. The molecule has 2 unspecified atom stereocenters. The van der Waals surface area contributed by atoms with Crippen LogP contribution in [-0.2, 0) is 11.3 Å². The van der Waals surface area contributed by atoms with Gasteiger partial charge in [-0.2, -0.15) is 0 Å². The molecule has 124 valence electrons. The molecular weight excluding hydrogens is 306 g/mol. The highest BCUT2D eigenvalue weighted by Crippen LogP contribution is 2.29. The summed E-state index contributed by atoms with van der Waals surface area (Å²) >= 11 is 0. The van der Waals surface area contributed by atoms with E-state index in [9.17, 15) is 4.79 Å². The van der Waals surface area contributed by atoms with Crippen LogP contribution in [0.4, 0.5) is 4.79 Å². The maximum absolute atomic E-state index is 11.3. The highest BCUT2D eigenvalue weighted by atomic mass is 16.6. The topological polar surface area (TPSA) is 95.1 Å². The number of hydrogen-bond acceptors (Lipinski definition) is 5. The average Bonchev–Trinajstić information content (AvgIpc) is 3.20. The van der Waals surface area contributed by atoms with Crippen molar-refractivity contribution < 1.29 is 9.53 Å². The van der Waals surface area contributed by atoms with E-state index >= 15 is 0 Å². The summed E-state index contributed by atoms with van der Waals surface area (Å²) in [6.45, 7) is 3.63. The zero-order chi connectivity index (χ0) is 16.7. The minimum Gasteiger partial charge on any atom is -0.442 e. The number of rotatable bonds is 4. The molecule has 1 saturated heterocycles. The Morgan fingerprint density at radius 2 is 2.29 bits per heavy atom. The molecule has 3 aromatic rings. The number of carbonyl (C=O) groups excluding carboxylic acids is 1. The molecule has 7 heteroatoms. The summed E-state index contributed by atoms with van der Waals surface area (Å²) in [6.07, 6.45) is 1.23. The van der Waals surface area contributed by atoms with Crippen LogP contribution in [0.2, 0.25) is 0 Å². The number of amides is 1. The lowest BCUT2D eigenvalue weighted by atomic mass is 10.0. The van der Waals surface area contributed by atoms with Crippen LogP contribution in [0.5, 0.6) is 0 Å². The third-order valence-electron chi connectivity index (χ3n) is 4.45. The second-order valence-electron chi connectivity index (χ2n) is 6.15. The van der Waals surface area contributed by atoms with E-state index in [1.807, 2.05) is 28.8 Å². The minimum atomic E-state index is -0.367. The molecule has 0 spiro atoms. The van der Waals surface area contributed by atoms with E-state index in [4.69, 9.17) is 15.5 Å². The summed E-state index contributed by atoms with van der Waals surface area (Å²) in [7, 11) is 0. The molecular formula is C17H19N5O2. The van der Waals surface area contributed by atoms with Crippen molar-refractivity contribution in [3.63, 3.8) is 0 Å². The van der Waals surface area contributed by atoms with Crippen molar-refractivity contribution in [2.45, 2.75) is 25.5 Å². The number of ether oxygens (including phenoxy) is 1. The Kier molecular flexibility index (Phi) is 3.57. The van der Waals surface area contributed by atoms with Gasteiger partial charge in [-0.25, -0.2) is 9.78 Å². The summed E-state index contributed by atoms with van der Waals surface area (Å²) in [5.74, 6) is 0.117. The van der Waals surface area contributed by atoms with Gasteiger partial charge in [0.15, 0.2) is 0 Å². The number of cyclic esters (lactones) is 1. The Balaban J connectivity index is 1.89. The first kappa shape index (κ1) is 14.9. The van der Waals surface area contributed by atoms with Gasteiger partial charge in [0.05, 0.1) is 36.1 Å². The fraction of sp³-hybridized carbons (Fsp3) is 0.353. The summed E-state index contributed by atoms with van der Waals surface area (Å²) in [6, 6.07) is 8.00. The maximum atomic E-state index is 11.3. The standard InChI is InChI=1S/C17H19N5O2/c1-10(6-18)14-15-16(12-4-2-3-5-13(12)21-14)22(9-20-15)8-11-7-19-17(23)24-11/h2-5,9-11H,6-8,18H2,1H3,(H,19,23). The second kappa shape index (κ2) is 5.76. The highest BCUT2D eigenvalue weighted by molar-refractivity contribution is 6.03. The van der Waals surface area contributed by atoms with Gasteiger partial charge in [0.1, 0.15) is 11.6 Å². The van der Waals surface area contributed by atoms with Crippen LogP contribution < -0.4 is 11.1 Å². The first-order valence-electron chi connectivity index (χ1n) is 8.05. The van der Waals surface area contributed by atoms with E-state index in [-0.39, 0.29) is 18.1 Å². The maximum Gasteiger partial charge on any atom is 0.407 e. The van der Waals surface area contributed by atoms with Gasteiger partial charge in [0, 0.05) is 17.8 Å². The molecule has 1 aromatic carbocycles. The highest BCUT2D eigenvalue weighted by Gasteiger charge is 2.24. The molecule has 7 nitrogen and oxygen atoms in total. The zero-order valence-electron chi connectivity index (χ0n) is 13.4. The van der Waals surface area contributed by atoms with Crippen molar-refractivity contribution in [1.29, 1.82) is 0 Å². The lowest BCUT2D eigenvalue weighted by molar-refractivity contribution is 0.131. The molecule has 4 rings (SSSR count). The lowest BCUT2D eigenvalue weighted by Gasteiger charge is -2.14. The first-order chi connectivity index (χ1) is 11.7. The van der Waals surface area contributed by atoms with Crippen LogP contribution in [0.15, 0.2) is 30.6 Å². The van der Waals surface area contributed by atoms with Gasteiger partial charge in [-0.15, -0.1) is 0 Å². The second-order valence-corrected chi connectivity index (χ2v) is 6.15. The Bertz CT molecular complexity index is 920. The fourth-order valence-corrected chi connectivity index (χ4v) is 3.15. The quantitative estimate of drug-likeness (QED) is 0.762. The number of aromatic nitrogens is 3. The number of hydrogen-bond donors (Lipinski definition) is 2. The van der Waals surface area contributed by atoms with Crippen molar-refractivity contribution in [1.82, 2.24) is 19.9 Å². The van der Waals surface area contributed by atoms with E-state index in [1.54, 1.807) is 6.33 Å². The van der Waals surface area contributed by atoms with E-state index in [0.717, 1.165) is 27.6 Å². The summed E-state index contributed by atoms with van der Waals surface area (Å²) in [5, 5.41) is 3.72. The number of carbonyl (C=O) groups is 1. The van der Waals surface area contributed by atoms with Gasteiger partial charge in [-0.1, -0.05) is 25.1 Å². The smallest absolute Gasteiger partial charge is 0.407 e. The van der Waals surface area contributed by atoms with Crippen molar-refractivity contribution in [2.75, 3.05) is 13.1 Å². The van der Waals surface area contributed by atoms with Crippen LogP contribution in [0.25, 0.3) is 21.9 Å². The molecule has 0 aliphatic carbocycles. The largest absolute Gasteiger partial charge is 0.442 e. The van der Waals surface area contributed by atoms with Crippen molar-refractivity contribution in [2.24, 2.45) is 5.73 Å². The third kappa shape index (κ3) is 2.37. The Labute approximate surface area is 138 Å². The lowest BCUT2D eigenvalue weighted by Crippen LogP contribution is -2.20. The molecule has 24 heavy (non-hydrogen) atoms. The number of alkyl carbamates (subject to hydrolysis) is 1. The summed E-state index contributed by atoms with van der Waals surface area (Å²) < 4.78 is 7.30. The molecule has 0 radical (unpaired) electrons. The van der Waals surface area contributed by atoms with Crippen molar-refractivity contribution in [3.05, 3.63) is 36.3 Å². The predicted octanol–water partition coefficient (Wildman–Crippen LogP) is 1.76. The van der Waals surface area contributed by atoms with E-state index in [1.165, 1.54) is 0 Å². The molecule has 1 aliphatic heterocycles. The number of pyridine rings is 1. The number of nitrogens with two attached hydrogens (primary N) is 1. The van der Waals surface area contributed by atoms with E-state index < -0.39 is 0 Å². The number of benzene rings is 1. The van der Waals surface area contributed by atoms with Crippen LogP contribution in [0.1, 0.15) is 18.5 Å². The molecule has 0 bridgehead atoms. The Morgan fingerprint density at radius 3 is 3.04 bits per heavy atom. The normalized spacial score (nSPS) is 18.8. The number of fused-ring (bicyclic) bond motifs is 3. The minimum absolute atomic E-state index is 0.117. The molecule has 2 atom stereocenters. The van der Waals surface area contributed by atoms with Gasteiger partial charge < -0.3 is 20.4 Å².